The molecule has 336 valence electrons. The van der Waals surface area contributed by atoms with E-state index in [0.717, 1.165) is 28.8 Å². The first-order valence-electron chi connectivity index (χ1n) is 20.3. The number of nitrogens with one attached hydrogen (secondary N) is 1. The van der Waals surface area contributed by atoms with Gasteiger partial charge in [0.25, 0.3) is 0 Å². The molecule has 3 atom stereocenters. The molecule has 0 bridgehead atoms. The molecule has 1 aliphatic rings. The number of rotatable bonds is 15. The molecule has 2 N–H and O–H groups in total. The number of likely N-dealkylation sites (tertiary alicyclic amines) is 1. The number of alkyl carbamates (subject to hydrolysis) is 1. The van der Waals surface area contributed by atoms with Crippen molar-refractivity contribution in [3.63, 3.8) is 0 Å². The van der Waals surface area contributed by atoms with Crippen molar-refractivity contribution in [1.82, 2.24) is 15.2 Å². The van der Waals surface area contributed by atoms with E-state index in [1.807, 2.05) is 61.5 Å². The van der Waals surface area contributed by atoms with Crippen LogP contribution in [0.25, 0.3) is 17.0 Å². The number of nitrogens with zero attached hydrogens (tertiary/aromatic N) is 4. The topological polar surface area (TPSA) is 229 Å². The molecule has 4 aromatic rings. The Morgan fingerprint density at radius 3 is 2.11 bits per heavy atom. The number of aryl methyl sites for hydroxylation is 1. The first-order chi connectivity index (χ1) is 29.8. The Bertz CT molecular complexity index is 2220. The molecule has 3 aromatic carbocycles. The first-order valence-corrected chi connectivity index (χ1v) is 20.3. The van der Waals surface area contributed by atoms with E-state index >= 15 is 0 Å². The molecule has 63 heavy (non-hydrogen) atoms. The lowest BCUT2D eigenvalue weighted by Crippen LogP contribution is -2.46. The van der Waals surface area contributed by atoms with Crippen molar-refractivity contribution in [2.24, 2.45) is 0 Å². The highest BCUT2D eigenvalue weighted by Gasteiger charge is 2.43. The minimum atomic E-state index is -1.06. The average molecular weight is 870 g/mol. The standard InChI is InChI=1S/C31H30N2O7.C15H25N3O5/c1-20-26(32-29(39-20)22-6-4-3-5-7-22)18-19-38-24-10-8-21(9-11-24)27-16-17-28(30(34)35)33(27)31(36)40-25-14-12-23(37-2)13-15-25;1-14(2,3)22-12(20)11(8-7-10(19)9-17-16)18-13(21)23-15(4,5)6/h3-15,27-28H,16-19H2,1-2H3,(H,34,35);9,11H,7-8H2,1-6H3,(H,18,21)/t27-,28+;11-/m10/s1. The molecule has 2 amide bonds. The highest BCUT2D eigenvalue weighted by atomic mass is 16.6. The number of carboxylic acids is 1. The van der Waals surface area contributed by atoms with E-state index in [9.17, 15) is 29.1 Å². The summed E-state index contributed by atoms with van der Waals surface area (Å²) < 4.78 is 32.7. The fourth-order valence-corrected chi connectivity index (χ4v) is 6.34. The summed E-state index contributed by atoms with van der Waals surface area (Å²) in [6, 6.07) is 21.2. The molecule has 1 aromatic heterocycles. The van der Waals surface area contributed by atoms with Crippen molar-refractivity contribution in [2.45, 2.75) is 110 Å². The molecule has 1 aliphatic heterocycles. The number of benzene rings is 3. The second-order valence-electron chi connectivity index (χ2n) is 16.4. The van der Waals surface area contributed by atoms with Gasteiger partial charge in [0.15, 0.2) is 0 Å². The van der Waals surface area contributed by atoms with Gasteiger partial charge in [-0.2, -0.15) is 4.79 Å². The number of aromatic nitrogens is 1. The van der Waals surface area contributed by atoms with Gasteiger partial charge in [-0.3, -0.25) is 9.69 Å². The summed E-state index contributed by atoms with van der Waals surface area (Å²) in [4.78, 5) is 68.9. The van der Waals surface area contributed by atoms with Crippen LogP contribution in [0.4, 0.5) is 9.59 Å². The number of carbonyl (C=O) groups excluding carboxylic acids is 4. The van der Waals surface area contributed by atoms with Crippen molar-refractivity contribution in [1.29, 1.82) is 0 Å². The zero-order valence-electron chi connectivity index (χ0n) is 36.8. The maximum absolute atomic E-state index is 13.1. The minimum absolute atomic E-state index is 0.000983. The monoisotopic (exact) mass is 869 g/mol. The number of ketones is 1. The number of amides is 2. The fourth-order valence-electron chi connectivity index (χ4n) is 6.34. The van der Waals surface area contributed by atoms with E-state index < -0.39 is 59.2 Å². The third-order valence-electron chi connectivity index (χ3n) is 9.19. The first kappa shape index (κ1) is 48.7. The number of oxazole rings is 1. The lowest BCUT2D eigenvalue weighted by molar-refractivity contribution is -0.157. The van der Waals surface area contributed by atoms with E-state index in [-0.39, 0.29) is 12.8 Å². The number of hydrogen-bond donors (Lipinski definition) is 2. The van der Waals surface area contributed by atoms with Gasteiger partial charge in [-0.15, -0.1) is 0 Å². The molecule has 0 unspecified atom stereocenters. The molecule has 5 rings (SSSR count). The lowest BCUT2D eigenvalue weighted by atomic mass is 10.0. The van der Waals surface area contributed by atoms with Crippen LogP contribution < -0.4 is 19.5 Å². The summed E-state index contributed by atoms with van der Waals surface area (Å²) >= 11 is 0. The van der Waals surface area contributed by atoms with E-state index in [4.69, 9.17) is 33.6 Å². The molecule has 17 nitrogen and oxygen atoms in total. The molecule has 2 heterocycles. The van der Waals surface area contributed by atoms with Gasteiger partial charge in [0.1, 0.15) is 46.3 Å². The van der Waals surface area contributed by atoms with E-state index in [2.05, 4.69) is 15.1 Å². The Balaban J connectivity index is 0.000000325. The van der Waals surface area contributed by atoms with Crippen molar-refractivity contribution >= 4 is 36.1 Å². The lowest BCUT2D eigenvalue weighted by Gasteiger charge is -2.27. The highest BCUT2D eigenvalue weighted by Crippen LogP contribution is 2.38. The average Bonchev–Trinajstić information content (AvgIpc) is 3.84. The predicted octanol–water partition coefficient (Wildman–Crippen LogP) is 7.94. The predicted molar refractivity (Wildman–Crippen MR) is 229 cm³/mol. The van der Waals surface area contributed by atoms with Crippen LogP contribution in [-0.2, 0) is 30.3 Å². The molecular formula is C46H55N5O12. The molecule has 0 spiro atoms. The number of esters is 1. The van der Waals surface area contributed by atoms with Crippen LogP contribution in [0.15, 0.2) is 83.3 Å². The summed E-state index contributed by atoms with van der Waals surface area (Å²) in [5.41, 5.74) is 9.42. The largest absolute Gasteiger partial charge is 0.497 e. The second-order valence-corrected chi connectivity index (χ2v) is 16.4. The Morgan fingerprint density at radius 2 is 1.52 bits per heavy atom. The Kier molecular flexibility index (Phi) is 17.1. The van der Waals surface area contributed by atoms with Crippen molar-refractivity contribution in [3.8, 4) is 28.7 Å². The number of Topliss-reactive ketones (excluding diaryl/α,β-unsaturated/α-hetero) is 1. The van der Waals surface area contributed by atoms with Gasteiger partial charge < -0.3 is 44.1 Å². The zero-order valence-corrected chi connectivity index (χ0v) is 36.8. The van der Waals surface area contributed by atoms with Gasteiger partial charge in [-0.25, -0.2) is 24.2 Å². The number of hydrogen-bond acceptors (Lipinski definition) is 12. The zero-order chi connectivity index (χ0) is 46.3. The van der Waals surface area contributed by atoms with Gasteiger partial charge >= 0.3 is 30.3 Å². The van der Waals surface area contributed by atoms with E-state index in [1.165, 1.54) is 4.90 Å². The normalized spacial score (nSPS) is 15.1. The van der Waals surface area contributed by atoms with Crippen LogP contribution in [0.1, 0.15) is 90.3 Å². The quantitative estimate of drug-likeness (QED) is 0.0501. The van der Waals surface area contributed by atoms with E-state index in [0.29, 0.717) is 49.0 Å². The fraction of sp³-hybridized carbons (Fsp3) is 0.413. The molecule has 1 saturated heterocycles. The highest BCUT2D eigenvalue weighted by molar-refractivity contribution is 6.25. The Hall–Kier alpha value is -7.00. The minimum Gasteiger partial charge on any atom is -0.497 e. The third-order valence-corrected chi connectivity index (χ3v) is 9.19. The maximum atomic E-state index is 13.1. The van der Waals surface area contributed by atoms with Crippen molar-refractivity contribution in [2.75, 3.05) is 13.7 Å². The van der Waals surface area contributed by atoms with Gasteiger partial charge in [0.05, 0.1) is 25.5 Å². The Morgan fingerprint density at radius 1 is 0.905 bits per heavy atom. The summed E-state index contributed by atoms with van der Waals surface area (Å²) in [5.74, 6) is 0.725. The molecular weight excluding hydrogens is 815 g/mol. The van der Waals surface area contributed by atoms with Crippen LogP contribution in [0.2, 0.25) is 0 Å². The second kappa shape index (κ2) is 22.2. The van der Waals surface area contributed by atoms with Gasteiger partial charge in [0, 0.05) is 18.4 Å². The number of carbonyl (C=O) groups is 5. The summed E-state index contributed by atoms with van der Waals surface area (Å²) in [6.07, 6.45) is 0.567. The molecule has 0 saturated carbocycles. The molecule has 0 aliphatic carbocycles. The van der Waals surface area contributed by atoms with Crippen LogP contribution in [0.5, 0.6) is 17.2 Å². The van der Waals surface area contributed by atoms with Crippen molar-refractivity contribution < 1.29 is 62.0 Å². The van der Waals surface area contributed by atoms with Crippen LogP contribution in [0, 0.1) is 6.92 Å². The van der Waals surface area contributed by atoms with Gasteiger partial charge in [-0.05, 0) is 122 Å². The van der Waals surface area contributed by atoms with Gasteiger partial charge in [-0.1, -0.05) is 30.3 Å². The summed E-state index contributed by atoms with van der Waals surface area (Å²) in [6.45, 7) is 12.5. The molecule has 17 heteroatoms. The molecule has 0 radical (unpaired) electrons. The smallest absolute Gasteiger partial charge is 0.416 e. The third kappa shape index (κ3) is 15.4. The number of carboxylic acid groups (broad SMARTS) is 1. The Labute approximate surface area is 366 Å². The number of aliphatic carboxylic acids is 1. The van der Waals surface area contributed by atoms with Crippen LogP contribution in [-0.4, -0.2) is 92.9 Å². The maximum Gasteiger partial charge on any atom is 0.416 e. The van der Waals surface area contributed by atoms with Gasteiger partial charge in [0.2, 0.25) is 11.7 Å². The number of ether oxygens (including phenoxy) is 5. The van der Waals surface area contributed by atoms with E-state index in [1.54, 1.807) is 72.9 Å². The summed E-state index contributed by atoms with van der Waals surface area (Å²) in [5, 5.41) is 12.2. The SMILES string of the molecule is CC(C)(C)OC(=O)N[C@@H](CCC(=O)C=[N+]=[N-])C(=O)OC(C)(C)C.COc1ccc(OC(=O)N2[C@@H](c3ccc(OCCc4nc(-c5ccccc5)oc4C)cc3)CC[C@H]2C(=O)O)cc1. The van der Waals surface area contributed by atoms with Crippen LogP contribution in [0.3, 0.4) is 0 Å². The van der Waals surface area contributed by atoms with Crippen molar-refractivity contribution in [3.05, 3.63) is 101 Å². The molecule has 1 fully saturated rings. The summed E-state index contributed by atoms with van der Waals surface area (Å²) in [7, 11) is 1.54. The van der Waals surface area contributed by atoms with Crippen LogP contribution >= 0.6 is 0 Å². The number of methoxy groups -OCH3 is 1.